The quantitative estimate of drug-likeness (QED) is 0.613. The van der Waals surface area contributed by atoms with E-state index in [-0.39, 0.29) is 18.5 Å². The monoisotopic (exact) mass is 431 g/mol. The zero-order chi connectivity index (χ0) is 23.9. The number of hydrogen-bond acceptors (Lipinski definition) is 4. The molecule has 0 aromatic heterocycles. The van der Waals surface area contributed by atoms with Gasteiger partial charge in [-0.25, -0.2) is 4.79 Å². The van der Waals surface area contributed by atoms with Gasteiger partial charge in [0.1, 0.15) is 17.7 Å². The van der Waals surface area contributed by atoms with Gasteiger partial charge in [-0.05, 0) is 61.0 Å². The second-order valence-electron chi connectivity index (χ2n) is 9.13. The number of carbonyl (C=O) groups excluding carboxylic acids is 3. The molecule has 0 aliphatic carbocycles. The summed E-state index contributed by atoms with van der Waals surface area (Å²) in [6.07, 6.45) is 0.873. The molecule has 0 saturated heterocycles. The van der Waals surface area contributed by atoms with E-state index in [1.165, 1.54) is 4.90 Å². The van der Waals surface area contributed by atoms with E-state index in [9.17, 15) is 14.4 Å². The second-order valence-corrected chi connectivity index (χ2v) is 9.13. The Labute approximate surface area is 186 Å². The van der Waals surface area contributed by atoms with E-state index in [4.69, 9.17) is 4.74 Å². The number of ether oxygens (including phenoxy) is 1. The van der Waals surface area contributed by atoms with Crippen LogP contribution in [0.5, 0.6) is 0 Å². The number of alkyl carbamates (subject to hydrolysis) is 1. The van der Waals surface area contributed by atoms with Gasteiger partial charge in [0, 0.05) is 12.6 Å². The fourth-order valence-electron chi connectivity index (χ4n) is 3.26. The summed E-state index contributed by atoms with van der Waals surface area (Å²) in [6, 6.07) is 3.94. The highest BCUT2D eigenvalue weighted by Gasteiger charge is 2.34. The van der Waals surface area contributed by atoms with E-state index in [2.05, 4.69) is 17.2 Å². The molecule has 7 nitrogen and oxygen atoms in total. The number of hydrogen-bond donors (Lipinski definition) is 2. The molecule has 0 spiro atoms. The summed E-state index contributed by atoms with van der Waals surface area (Å²) in [7, 11) is 0. The number of aryl methyl sites for hydroxylation is 2. The molecule has 0 aliphatic rings. The third-order valence-corrected chi connectivity index (χ3v) is 4.26. The minimum Gasteiger partial charge on any atom is -0.444 e. The standard InChI is InChI=1S/C24H37N3O4/c1-10-11-27(22(29)18(6)26-23(30)31-24(7,8)9)20(21(28)25-15(2)3)19-13-16(4)12-17(5)14-19/h10,12-15,18,20H,1,11H2,2-9H3,(H,25,28)(H,26,30). The number of carbonyl (C=O) groups is 3. The molecule has 0 fully saturated rings. The van der Waals surface area contributed by atoms with Crippen molar-refractivity contribution in [2.75, 3.05) is 6.54 Å². The highest BCUT2D eigenvalue weighted by molar-refractivity contribution is 5.92. The van der Waals surface area contributed by atoms with Gasteiger partial charge >= 0.3 is 6.09 Å². The van der Waals surface area contributed by atoms with Crippen LogP contribution >= 0.6 is 0 Å². The van der Waals surface area contributed by atoms with Crippen LogP contribution in [0.15, 0.2) is 30.9 Å². The average molecular weight is 432 g/mol. The topological polar surface area (TPSA) is 87.7 Å². The molecule has 1 aromatic rings. The average Bonchev–Trinajstić information content (AvgIpc) is 2.57. The third kappa shape index (κ3) is 8.44. The highest BCUT2D eigenvalue weighted by Crippen LogP contribution is 2.25. The summed E-state index contributed by atoms with van der Waals surface area (Å²) >= 11 is 0. The maximum atomic E-state index is 13.3. The molecule has 2 atom stereocenters. The molecule has 7 heteroatoms. The Morgan fingerprint density at radius 3 is 2.06 bits per heavy atom. The van der Waals surface area contributed by atoms with Gasteiger partial charge in [0.05, 0.1) is 0 Å². The van der Waals surface area contributed by atoms with Crippen LogP contribution in [0.3, 0.4) is 0 Å². The molecule has 0 bridgehead atoms. The van der Waals surface area contributed by atoms with Crippen molar-refractivity contribution in [2.45, 2.75) is 79.1 Å². The van der Waals surface area contributed by atoms with E-state index in [1.807, 2.05) is 45.9 Å². The van der Waals surface area contributed by atoms with Gasteiger partial charge < -0.3 is 20.3 Å². The number of nitrogens with one attached hydrogen (secondary N) is 2. The van der Waals surface area contributed by atoms with Crippen LogP contribution in [-0.2, 0) is 14.3 Å². The zero-order valence-corrected chi connectivity index (χ0v) is 20.0. The zero-order valence-electron chi connectivity index (χ0n) is 20.0. The van der Waals surface area contributed by atoms with E-state index < -0.39 is 29.7 Å². The van der Waals surface area contributed by atoms with Gasteiger partial charge in [0.25, 0.3) is 0 Å². The molecule has 0 radical (unpaired) electrons. The van der Waals surface area contributed by atoms with E-state index in [1.54, 1.807) is 33.8 Å². The Hall–Kier alpha value is -2.83. The Bertz CT molecular complexity index is 791. The lowest BCUT2D eigenvalue weighted by Gasteiger charge is -2.33. The molecule has 1 rings (SSSR count). The van der Waals surface area contributed by atoms with E-state index >= 15 is 0 Å². The number of rotatable bonds is 8. The summed E-state index contributed by atoms with van der Waals surface area (Å²) in [5, 5.41) is 5.47. The number of benzene rings is 1. The molecular weight excluding hydrogens is 394 g/mol. The van der Waals surface area contributed by atoms with Crippen molar-refractivity contribution in [1.82, 2.24) is 15.5 Å². The largest absolute Gasteiger partial charge is 0.444 e. The van der Waals surface area contributed by atoms with Crippen molar-refractivity contribution in [3.05, 3.63) is 47.5 Å². The normalized spacial score (nSPS) is 13.2. The van der Waals surface area contributed by atoms with Gasteiger partial charge in [-0.1, -0.05) is 35.4 Å². The minimum atomic E-state index is -0.893. The number of amides is 3. The van der Waals surface area contributed by atoms with Gasteiger partial charge in [-0.15, -0.1) is 6.58 Å². The number of nitrogens with zero attached hydrogens (tertiary/aromatic N) is 1. The first-order chi connectivity index (χ1) is 14.2. The van der Waals surface area contributed by atoms with E-state index in [0.717, 1.165) is 11.1 Å². The van der Waals surface area contributed by atoms with Gasteiger partial charge in [-0.3, -0.25) is 9.59 Å². The van der Waals surface area contributed by atoms with Crippen molar-refractivity contribution in [3.63, 3.8) is 0 Å². The van der Waals surface area contributed by atoms with Crippen molar-refractivity contribution in [3.8, 4) is 0 Å². The van der Waals surface area contributed by atoms with Gasteiger partial charge in [0.15, 0.2) is 0 Å². The van der Waals surface area contributed by atoms with E-state index in [0.29, 0.717) is 5.56 Å². The van der Waals surface area contributed by atoms with Crippen LogP contribution in [-0.4, -0.2) is 47.0 Å². The highest BCUT2D eigenvalue weighted by atomic mass is 16.6. The Balaban J connectivity index is 3.31. The molecule has 31 heavy (non-hydrogen) atoms. The predicted molar refractivity (Wildman–Crippen MR) is 123 cm³/mol. The lowest BCUT2D eigenvalue weighted by Crippen LogP contribution is -2.52. The Kier molecular flexibility index (Phi) is 9.28. The molecular formula is C24H37N3O4. The van der Waals surface area contributed by atoms with Crippen LogP contribution in [0.2, 0.25) is 0 Å². The van der Waals surface area contributed by atoms with Gasteiger partial charge in [0.2, 0.25) is 11.8 Å². The molecule has 172 valence electrons. The molecule has 0 aliphatic heterocycles. The predicted octanol–water partition coefficient (Wildman–Crippen LogP) is 3.80. The fourth-order valence-corrected chi connectivity index (χ4v) is 3.26. The van der Waals surface area contributed by atoms with Crippen molar-refractivity contribution in [2.24, 2.45) is 0 Å². The van der Waals surface area contributed by atoms with Crippen molar-refractivity contribution < 1.29 is 19.1 Å². The van der Waals surface area contributed by atoms with Crippen molar-refractivity contribution >= 4 is 17.9 Å². The molecule has 2 unspecified atom stereocenters. The summed E-state index contributed by atoms with van der Waals surface area (Å²) in [5.74, 6) is -0.700. The van der Waals surface area contributed by atoms with Crippen molar-refractivity contribution in [1.29, 1.82) is 0 Å². The lowest BCUT2D eigenvalue weighted by molar-refractivity contribution is -0.141. The molecule has 0 heterocycles. The summed E-state index contributed by atoms with van der Waals surface area (Å²) in [5.41, 5.74) is 1.99. The molecule has 0 saturated carbocycles. The molecule has 2 N–H and O–H groups in total. The summed E-state index contributed by atoms with van der Waals surface area (Å²) < 4.78 is 5.25. The maximum Gasteiger partial charge on any atom is 0.408 e. The first-order valence-corrected chi connectivity index (χ1v) is 10.5. The first kappa shape index (κ1) is 26.2. The van der Waals surface area contributed by atoms with Crippen LogP contribution in [0.4, 0.5) is 4.79 Å². The molecule has 3 amide bonds. The minimum absolute atomic E-state index is 0.0982. The maximum absolute atomic E-state index is 13.3. The molecule has 1 aromatic carbocycles. The Morgan fingerprint density at radius 1 is 1.06 bits per heavy atom. The lowest BCUT2D eigenvalue weighted by atomic mass is 9.98. The van der Waals surface area contributed by atoms with Crippen LogP contribution in [0.25, 0.3) is 0 Å². The summed E-state index contributed by atoms with van der Waals surface area (Å²) in [6.45, 7) is 18.3. The van der Waals surface area contributed by atoms with Crippen LogP contribution < -0.4 is 10.6 Å². The first-order valence-electron chi connectivity index (χ1n) is 10.5. The second kappa shape index (κ2) is 11.0. The van der Waals surface area contributed by atoms with Crippen LogP contribution in [0, 0.1) is 13.8 Å². The third-order valence-electron chi connectivity index (χ3n) is 4.26. The SMILES string of the molecule is C=CCN(C(=O)C(C)NC(=O)OC(C)(C)C)C(C(=O)NC(C)C)c1cc(C)cc(C)c1. The van der Waals surface area contributed by atoms with Crippen LogP contribution in [0.1, 0.15) is 64.3 Å². The fraction of sp³-hybridized carbons (Fsp3) is 0.542. The van der Waals surface area contributed by atoms with Gasteiger partial charge in [-0.2, -0.15) is 0 Å². The summed E-state index contributed by atoms with van der Waals surface area (Å²) in [4.78, 5) is 40.1. The Morgan fingerprint density at radius 2 is 1.61 bits per heavy atom. The smallest absolute Gasteiger partial charge is 0.408 e.